The first-order chi connectivity index (χ1) is 7.77. The van der Waals surface area contributed by atoms with Gasteiger partial charge in [-0.3, -0.25) is 4.52 Å². The fourth-order valence-corrected chi connectivity index (χ4v) is 3.61. The van der Waals surface area contributed by atoms with Crippen molar-refractivity contribution < 1.29 is 4.52 Å². The minimum Gasteiger partial charge on any atom is -0.287 e. The molecule has 3 heteroatoms. The minimum absolute atomic E-state index is 1.06. The Balaban J connectivity index is 2.49. The Morgan fingerprint density at radius 1 is 0.812 bits per heavy atom. The molecule has 0 spiro atoms. The van der Waals surface area contributed by atoms with Crippen molar-refractivity contribution in [3.63, 3.8) is 0 Å². The number of hydrogen-bond donors (Lipinski definition) is 0. The van der Waals surface area contributed by atoms with Crippen LogP contribution in [0.2, 0.25) is 0 Å². The second-order valence-corrected chi connectivity index (χ2v) is 6.23. The van der Waals surface area contributed by atoms with E-state index in [4.69, 9.17) is 12.1 Å². The molecule has 0 unspecified atom stereocenters. The molecule has 0 heterocycles. The predicted octanol–water partition coefficient (Wildman–Crippen LogP) is 2.30. The molecule has 3 radical (unpaired) electrons. The van der Waals surface area contributed by atoms with Crippen LogP contribution in [0, 0.1) is 0 Å². The van der Waals surface area contributed by atoms with Crippen LogP contribution in [-0.4, -0.2) is 14.7 Å². The Labute approximate surface area is 98.2 Å². The first-order valence-electron chi connectivity index (χ1n) is 5.12. The smallest absolute Gasteiger partial charge is 0.0745 e. The average Bonchev–Trinajstić information content (AvgIpc) is 2.40. The summed E-state index contributed by atoms with van der Waals surface area (Å²) in [5, 5.41) is 2.12. The Morgan fingerprint density at radius 2 is 1.19 bits per heavy atom. The van der Waals surface area contributed by atoms with Gasteiger partial charge in [-0.15, -0.1) is 0 Å². The number of benzene rings is 2. The van der Waals surface area contributed by atoms with Crippen molar-refractivity contribution >= 4 is 25.5 Å². The van der Waals surface area contributed by atoms with E-state index in [2.05, 4.69) is 0 Å². The third-order valence-electron chi connectivity index (χ3n) is 2.57. The van der Waals surface area contributed by atoms with E-state index in [1.54, 1.807) is 7.11 Å². The van der Waals surface area contributed by atoms with Crippen molar-refractivity contribution in [2.24, 2.45) is 0 Å². The number of rotatable bonds is 3. The summed E-state index contributed by atoms with van der Waals surface area (Å²) in [5.41, 5.74) is 0. The first-order valence-corrected chi connectivity index (χ1v) is 6.89. The lowest BCUT2D eigenvalue weighted by Gasteiger charge is -2.33. The Bertz CT molecular complexity index is 405. The lowest BCUT2D eigenvalue weighted by molar-refractivity contribution is 0.469. The van der Waals surface area contributed by atoms with Crippen molar-refractivity contribution in [1.29, 1.82) is 0 Å². The third kappa shape index (κ3) is 2.04. The molecule has 2 aromatic rings. The quantitative estimate of drug-likeness (QED) is 0.577. The molecule has 0 saturated carbocycles. The number of hydrogen-bond acceptors (Lipinski definition) is 1. The van der Waals surface area contributed by atoms with Gasteiger partial charge in [-0.2, -0.15) is 0 Å². The van der Waals surface area contributed by atoms with Crippen LogP contribution >= 0.6 is 7.37 Å². The molecule has 16 heavy (non-hydrogen) atoms. The minimum atomic E-state index is -2.15. The van der Waals surface area contributed by atoms with Crippen LogP contribution in [0.5, 0.6) is 0 Å². The van der Waals surface area contributed by atoms with Crippen LogP contribution in [0.3, 0.4) is 0 Å². The van der Waals surface area contributed by atoms with Crippen LogP contribution in [0.25, 0.3) is 0 Å². The van der Waals surface area contributed by atoms with Gasteiger partial charge in [0.15, 0.2) is 0 Å². The molecular weight excluding hydrogens is 214 g/mol. The molecule has 0 aliphatic heterocycles. The molecule has 1 nitrogen and oxygen atoms in total. The lowest BCUT2D eigenvalue weighted by Crippen LogP contribution is -2.23. The molecule has 2 aromatic carbocycles. The summed E-state index contributed by atoms with van der Waals surface area (Å²) in [4.78, 5) is 0. The predicted molar refractivity (Wildman–Crippen MR) is 71.8 cm³/mol. The third-order valence-corrected chi connectivity index (χ3v) is 5.27. The first kappa shape index (κ1) is 11.4. The normalized spacial score (nSPS) is 11.4. The van der Waals surface area contributed by atoms with Gasteiger partial charge >= 0.3 is 0 Å². The zero-order valence-electron chi connectivity index (χ0n) is 9.21. The van der Waals surface area contributed by atoms with Crippen molar-refractivity contribution in [2.75, 3.05) is 7.11 Å². The van der Waals surface area contributed by atoms with Gasteiger partial charge in [0.25, 0.3) is 0 Å². The lowest BCUT2D eigenvalue weighted by atomic mass is 10.4. The highest BCUT2D eigenvalue weighted by atomic mass is 31.2. The molecule has 0 N–H and O–H groups in total. The van der Waals surface area contributed by atoms with E-state index in [1.165, 1.54) is 0 Å². The van der Waals surface area contributed by atoms with Crippen LogP contribution in [0.4, 0.5) is 0 Å². The molecule has 0 aliphatic rings. The summed E-state index contributed by atoms with van der Waals surface area (Å²) in [7, 11) is 5.95. The highest BCUT2D eigenvalue weighted by Gasteiger charge is 2.24. The summed E-state index contributed by atoms with van der Waals surface area (Å²) >= 11 is 0. The summed E-state index contributed by atoms with van der Waals surface area (Å²) in [6.45, 7) is 0. The topological polar surface area (TPSA) is 9.23 Å². The molecule has 0 saturated heterocycles. The maximum Gasteiger partial charge on any atom is 0.0745 e. The van der Waals surface area contributed by atoms with E-state index in [9.17, 15) is 0 Å². The molecule has 0 aliphatic carbocycles. The molecular formula is C13H13BOP. The standard InChI is InChI=1S/C13H13BOP/c1-15-16(14,12-8-4-2-5-9-12)13-10-6-3-7-11-13/h2-11H,1H3. The van der Waals surface area contributed by atoms with Crippen LogP contribution in [-0.2, 0) is 4.52 Å². The van der Waals surface area contributed by atoms with Gasteiger partial charge in [-0.05, 0) is 24.3 Å². The largest absolute Gasteiger partial charge is 0.287 e. The van der Waals surface area contributed by atoms with Crippen molar-refractivity contribution in [2.45, 2.75) is 0 Å². The molecule has 2 rings (SSSR count). The van der Waals surface area contributed by atoms with Crippen molar-refractivity contribution in [1.82, 2.24) is 0 Å². The fraction of sp³-hybridized carbons (Fsp3) is 0.0769. The van der Waals surface area contributed by atoms with Gasteiger partial charge < -0.3 is 0 Å². The van der Waals surface area contributed by atoms with Crippen LogP contribution in [0.15, 0.2) is 60.7 Å². The van der Waals surface area contributed by atoms with Crippen molar-refractivity contribution in [3.05, 3.63) is 60.7 Å². The molecule has 0 fully saturated rings. The maximum absolute atomic E-state index is 6.43. The Hall–Kier alpha value is -1.11. The van der Waals surface area contributed by atoms with Gasteiger partial charge in [0.2, 0.25) is 0 Å². The fourth-order valence-electron chi connectivity index (χ4n) is 1.66. The van der Waals surface area contributed by atoms with Gasteiger partial charge in [-0.25, -0.2) is 7.57 Å². The monoisotopic (exact) mass is 227 g/mol. The summed E-state index contributed by atoms with van der Waals surface area (Å²) in [6, 6.07) is 20.0. The summed E-state index contributed by atoms with van der Waals surface area (Å²) < 4.78 is 5.60. The molecule has 0 atom stereocenters. The van der Waals surface area contributed by atoms with Gasteiger partial charge in [0.1, 0.15) is 0 Å². The summed E-state index contributed by atoms with van der Waals surface area (Å²) in [6.07, 6.45) is 0. The zero-order chi connectivity index (χ0) is 11.4. The van der Waals surface area contributed by atoms with Crippen LogP contribution < -0.4 is 10.6 Å². The molecule has 0 aromatic heterocycles. The average molecular weight is 227 g/mol. The highest BCUT2D eigenvalue weighted by Crippen LogP contribution is 2.51. The SMILES string of the molecule is [B-][P+](OC)(c1ccccc1)c1ccccc1. The maximum atomic E-state index is 6.43. The van der Waals surface area contributed by atoms with E-state index >= 15 is 0 Å². The van der Waals surface area contributed by atoms with Gasteiger partial charge in [0.05, 0.1) is 17.7 Å². The highest BCUT2D eigenvalue weighted by molar-refractivity contribution is 8.05. The van der Waals surface area contributed by atoms with Gasteiger partial charge in [-0.1, -0.05) is 43.8 Å². The molecule has 79 valence electrons. The second-order valence-electron chi connectivity index (χ2n) is 3.51. The molecule has 0 bridgehead atoms. The Kier molecular flexibility index (Phi) is 3.43. The van der Waals surface area contributed by atoms with E-state index in [0.29, 0.717) is 0 Å². The van der Waals surface area contributed by atoms with E-state index < -0.39 is 7.37 Å². The van der Waals surface area contributed by atoms with Crippen molar-refractivity contribution in [3.8, 4) is 0 Å². The zero-order valence-corrected chi connectivity index (χ0v) is 10.1. The molecule has 0 amide bonds. The van der Waals surface area contributed by atoms with E-state index in [1.807, 2.05) is 60.7 Å². The summed E-state index contributed by atoms with van der Waals surface area (Å²) in [5.74, 6) is 0. The Morgan fingerprint density at radius 3 is 1.50 bits per heavy atom. The van der Waals surface area contributed by atoms with Gasteiger partial charge in [0, 0.05) is 0 Å². The van der Waals surface area contributed by atoms with E-state index in [-0.39, 0.29) is 0 Å². The second kappa shape index (κ2) is 4.82. The van der Waals surface area contributed by atoms with E-state index in [0.717, 1.165) is 10.6 Å². The van der Waals surface area contributed by atoms with Crippen LogP contribution in [0.1, 0.15) is 0 Å².